The third-order valence-electron chi connectivity index (χ3n) is 1.75. The Morgan fingerprint density at radius 1 is 1.64 bits per heavy atom. The molecule has 5 heteroatoms. The molecule has 0 aliphatic heterocycles. The molecule has 2 aromatic rings. The van der Waals surface area contributed by atoms with E-state index in [-0.39, 0.29) is 6.04 Å². The van der Waals surface area contributed by atoms with Gasteiger partial charge >= 0.3 is 0 Å². The zero-order valence-corrected chi connectivity index (χ0v) is 9.51. The molecule has 0 aromatic carbocycles. The van der Waals surface area contributed by atoms with Gasteiger partial charge in [-0.25, -0.2) is 4.98 Å². The van der Waals surface area contributed by atoms with Gasteiger partial charge in [-0.2, -0.15) is 0 Å². The molecule has 0 saturated carbocycles. The van der Waals surface area contributed by atoms with E-state index in [2.05, 4.69) is 9.98 Å². The largest absolute Gasteiger partial charge is 0.288 e. The summed E-state index contributed by atoms with van der Waals surface area (Å²) < 4.78 is 1.94. The number of nitrogens with zero attached hydrogens (tertiary/aromatic N) is 3. The second-order valence-electron chi connectivity index (χ2n) is 3.22. The second kappa shape index (κ2) is 3.71. The van der Waals surface area contributed by atoms with E-state index in [1.165, 1.54) is 0 Å². The third-order valence-corrected chi connectivity index (χ3v) is 2.78. The van der Waals surface area contributed by atoms with Crippen LogP contribution in [0, 0.1) is 0 Å². The van der Waals surface area contributed by atoms with Crippen LogP contribution in [-0.4, -0.2) is 21.6 Å². The van der Waals surface area contributed by atoms with Crippen LogP contribution in [0.15, 0.2) is 16.6 Å². The minimum Gasteiger partial charge on any atom is -0.288 e. The van der Waals surface area contributed by atoms with E-state index >= 15 is 0 Å². The molecule has 2 aromatic heterocycles. The summed E-state index contributed by atoms with van der Waals surface area (Å²) in [6, 6.07) is 0.273. The first-order chi connectivity index (χ1) is 6.68. The molecule has 0 aliphatic rings. The molecular formula is C9H10ClN3S. The number of fused-ring (bicyclic) bond motifs is 1. The highest BCUT2D eigenvalue weighted by molar-refractivity contribution is 7.15. The average molecular weight is 228 g/mol. The van der Waals surface area contributed by atoms with Crippen molar-refractivity contribution in [1.82, 2.24) is 9.38 Å². The van der Waals surface area contributed by atoms with Crippen molar-refractivity contribution in [1.29, 1.82) is 0 Å². The van der Waals surface area contributed by atoms with E-state index in [1.807, 2.05) is 29.8 Å². The molecule has 2 rings (SSSR count). The Labute approximate surface area is 91.1 Å². The van der Waals surface area contributed by atoms with Crippen molar-refractivity contribution < 1.29 is 0 Å². The van der Waals surface area contributed by atoms with Crippen molar-refractivity contribution in [2.24, 2.45) is 4.99 Å². The molecule has 0 bridgehead atoms. The number of aromatic nitrogens is 2. The van der Waals surface area contributed by atoms with Crippen molar-refractivity contribution in [3.8, 4) is 0 Å². The standard InChI is InChI=1S/C9H10ClN3S/c1-6(2)11-5-7-8(10)12-9-13(7)3-4-14-9/h3-6H,1-2H3. The van der Waals surface area contributed by atoms with Crippen LogP contribution in [0.2, 0.25) is 5.15 Å². The topological polar surface area (TPSA) is 29.7 Å². The fraction of sp³-hybridized carbons (Fsp3) is 0.333. The minimum atomic E-state index is 0.273. The van der Waals surface area contributed by atoms with Gasteiger partial charge in [0.2, 0.25) is 0 Å². The summed E-state index contributed by atoms with van der Waals surface area (Å²) in [7, 11) is 0. The molecule has 0 radical (unpaired) electrons. The SMILES string of the molecule is CC(C)N=Cc1c(Cl)nc2sccn12. The lowest BCUT2D eigenvalue weighted by Crippen LogP contribution is -1.93. The maximum atomic E-state index is 5.98. The molecule has 0 fully saturated rings. The highest BCUT2D eigenvalue weighted by atomic mass is 35.5. The highest BCUT2D eigenvalue weighted by Crippen LogP contribution is 2.19. The maximum Gasteiger partial charge on any atom is 0.195 e. The Morgan fingerprint density at radius 3 is 3.14 bits per heavy atom. The summed E-state index contributed by atoms with van der Waals surface area (Å²) in [5.74, 6) is 0. The number of thiazole rings is 1. The number of hydrogen-bond donors (Lipinski definition) is 0. The molecule has 0 N–H and O–H groups in total. The van der Waals surface area contributed by atoms with Crippen molar-refractivity contribution in [2.45, 2.75) is 19.9 Å². The Balaban J connectivity index is 2.48. The molecule has 3 nitrogen and oxygen atoms in total. The lowest BCUT2D eigenvalue weighted by Gasteiger charge is -1.94. The fourth-order valence-electron chi connectivity index (χ4n) is 1.11. The first-order valence-electron chi connectivity index (χ1n) is 4.32. The van der Waals surface area contributed by atoms with Crippen molar-refractivity contribution >= 4 is 34.1 Å². The molecule has 0 atom stereocenters. The van der Waals surface area contributed by atoms with Crippen molar-refractivity contribution in [2.75, 3.05) is 0 Å². The van der Waals surface area contributed by atoms with Crippen LogP contribution in [-0.2, 0) is 0 Å². The number of halogens is 1. The second-order valence-corrected chi connectivity index (χ2v) is 4.45. The molecule has 0 aliphatic carbocycles. The molecular weight excluding hydrogens is 218 g/mol. The zero-order valence-electron chi connectivity index (χ0n) is 7.94. The normalized spacial score (nSPS) is 12.3. The van der Waals surface area contributed by atoms with Crippen LogP contribution in [0.1, 0.15) is 19.5 Å². The smallest absolute Gasteiger partial charge is 0.195 e. The van der Waals surface area contributed by atoms with Gasteiger partial charge in [-0.1, -0.05) is 11.6 Å². The number of rotatable bonds is 2. The van der Waals surface area contributed by atoms with Crippen LogP contribution in [0.3, 0.4) is 0 Å². The lowest BCUT2D eigenvalue weighted by molar-refractivity contribution is 0.840. The molecule has 0 saturated heterocycles. The van der Waals surface area contributed by atoms with Gasteiger partial charge in [-0.3, -0.25) is 9.39 Å². The van der Waals surface area contributed by atoms with Gasteiger partial charge in [0.25, 0.3) is 0 Å². The fourth-order valence-corrected chi connectivity index (χ4v) is 2.10. The quantitative estimate of drug-likeness (QED) is 0.726. The summed E-state index contributed by atoms with van der Waals surface area (Å²) in [6.45, 7) is 4.05. The van der Waals surface area contributed by atoms with Gasteiger partial charge in [0.05, 0.1) is 0 Å². The van der Waals surface area contributed by atoms with Crippen molar-refractivity contribution in [3.63, 3.8) is 0 Å². The Bertz CT molecular complexity index is 469. The van der Waals surface area contributed by atoms with Crippen LogP contribution >= 0.6 is 22.9 Å². The van der Waals surface area contributed by atoms with Gasteiger partial charge in [-0.05, 0) is 13.8 Å². The van der Waals surface area contributed by atoms with Gasteiger partial charge in [0, 0.05) is 23.8 Å². The van der Waals surface area contributed by atoms with Crippen LogP contribution in [0.5, 0.6) is 0 Å². The molecule has 0 amide bonds. The minimum absolute atomic E-state index is 0.273. The summed E-state index contributed by atoms with van der Waals surface area (Å²) in [4.78, 5) is 9.40. The number of aliphatic imine (C=N–C) groups is 1. The summed E-state index contributed by atoms with van der Waals surface area (Å²) >= 11 is 7.54. The zero-order chi connectivity index (χ0) is 10.1. The lowest BCUT2D eigenvalue weighted by atomic mass is 10.4. The predicted molar refractivity (Wildman–Crippen MR) is 60.8 cm³/mol. The summed E-state index contributed by atoms with van der Waals surface area (Å²) in [5, 5.41) is 2.49. The highest BCUT2D eigenvalue weighted by Gasteiger charge is 2.08. The van der Waals surface area contributed by atoms with Crippen molar-refractivity contribution in [3.05, 3.63) is 22.4 Å². The van der Waals surface area contributed by atoms with Crippen LogP contribution in [0.25, 0.3) is 4.96 Å². The van der Waals surface area contributed by atoms with Crippen LogP contribution < -0.4 is 0 Å². The van der Waals surface area contributed by atoms with Gasteiger partial charge in [0.1, 0.15) is 5.69 Å². The number of hydrogen-bond acceptors (Lipinski definition) is 3. The first-order valence-corrected chi connectivity index (χ1v) is 5.58. The number of imidazole rings is 1. The summed E-state index contributed by atoms with van der Waals surface area (Å²) in [6.07, 6.45) is 3.72. The predicted octanol–water partition coefficient (Wildman–Crippen LogP) is 2.88. The van der Waals surface area contributed by atoms with Gasteiger partial charge < -0.3 is 0 Å². The third kappa shape index (κ3) is 1.67. The average Bonchev–Trinajstić information content (AvgIpc) is 2.61. The first kappa shape index (κ1) is 9.68. The van der Waals surface area contributed by atoms with E-state index in [0.29, 0.717) is 5.15 Å². The maximum absolute atomic E-state index is 5.98. The van der Waals surface area contributed by atoms with E-state index in [4.69, 9.17) is 11.6 Å². The van der Waals surface area contributed by atoms with E-state index in [1.54, 1.807) is 17.6 Å². The molecule has 0 unspecified atom stereocenters. The Kier molecular flexibility index (Phi) is 2.56. The molecule has 2 heterocycles. The van der Waals surface area contributed by atoms with E-state index in [9.17, 15) is 0 Å². The monoisotopic (exact) mass is 227 g/mol. The summed E-state index contributed by atoms with van der Waals surface area (Å²) in [5.41, 5.74) is 0.858. The van der Waals surface area contributed by atoms with E-state index in [0.717, 1.165) is 10.7 Å². The van der Waals surface area contributed by atoms with E-state index < -0.39 is 0 Å². The molecule has 0 spiro atoms. The Hall–Kier alpha value is -0.870. The molecule has 14 heavy (non-hydrogen) atoms. The Morgan fingerprint density at radius 2 is 2.43 bits per heavy atom. The van der Waals surface area contributed by atoms with Gasteiger partial charge in [-0.15, -0.1) is 11.3 Å². The molecule has 74 valence electrons. The van der Waals surface area contributed by atoms with Gasteiger partial charge in [0.15, 0.2) is 10.1 Å². The van der Waals surface area contributed by atoms with Crippen LogP contribution in [0.4, 0.5) is 0 Å².